The van der Waals surface area contributed by atoms with Crippen LogP contribution in [0.4, 0.5) is 0 Å². The van der Waals surface area contributed by atoms with Gasteiger partial charge in [0.25, 0.3) is 0 Å². The molecule has 1 heterocycles. The lowest BCUT2D eigenvalue weighted by Gasteiger charge is -2.28. The van der Waals surface area contributed by atoms with Gasteiger partial charge in [0.1, 0.15) is 0 Å². The van der Waals surface area contributed by atoms with E-state index in [4.69, 9.17) is 5.73 Å². The molecule has 0 saturated carbocycles. The summed E-state index contributed by atoms with van der Waals surface area (Å²) in [7, 11) is 1.95. The Morgan fingerprint density at radius 2 is 2.39 bits per heavy atom. The SMILES string of the molecule is Cn1ncc2c1CCCC2NC(=O)C(C)(C)CN. The highest BCUT2D eigenvalue weighted by Crippen LogP contribution is 2.30. The predicted octanol–water partition coefficient (Wildman–Crippen LogP) is 0.899. The first kappa shape index (κ1) is 13.1. The van der Waals surface area contributed by atoms with Crippen LogP contribution in [0.3, 0.4) is 0 Å². The maximum absolute atomic E-state index is 12.2. The van der Waals surface area contributed by atoms with Crippen LogP contribution in [-0.4, -0.2) is 22.2 Å². The van der Waals surface area contributed by atoms with Crippen molar-refractivity contribution in [1.82, 2.24) is 15.1 Å². The number of carbonyl (C=O) groups excluding carboxylic acids is 1. The molecule has 1 aliphatic rings. The molecule has 0 saturated heterocycles. The Hall–Kier alpha value is -1.36. The summed E-state index contributed by atoms with van der Waals surface area (Å²) in [5, 5.41) is 7.39. The highest BCUT2D eigenvalue weighted by molar-refractivity contribution is 5.82. The van der Waals surface area contributed by atoms with E-state index in [0.717, 1.165) is 24.8 Å². The second kappa shape index (κ2) is 4.72. The molecule has 0 radical (unpaired) electrons. The Morgan fingerprint density at radius 3 is 3.06 bits per heavy atom. The first-order chi connectivity index (χ1) is 8.45. The highest BCUT2D eigenvalue weighted by Gasteiger charge is 2.30. The lowest BCUT2D eigenvalue weighted by Crippen LogP contribution is -2.43. The second-order valence-electron chi connectivity index (χ2n) is 5.68. The third-order valence-corrected chi connectivity index (χ3v) is 3.81. The number of hydrogen-bond acceptors (Lipinski definition) is 3. The average Bonchev–Trinajstić information content (AvgIpc) is 2.72. The minimum atomic E-state index is -0.514. The molecule has 2 rings (SSSR count). The van der Waals surface area contributed by atoms with Crippen LogP contribution in [0.2, 0.25) is 0 Å². The lowest BCUT2D eigenvalue weighted by atomic mass is 9.89. The number of nitrogens with one attached hydrogen (secondary N) is 1. The molecule has 0 aliphatic heterocycles. The van der Waals surface area contributed by atoms with Gasteiger partial charge in [-0.05, 0) is 33.1 Å². The quantitative estimate of drug-likeness (QED) is 0.837. The van der Waals surface area contributed by atoms with E-state index in [2.05, 4.69) is 10.4 Å². The normalized spacial score (nSPS) is 19.4. The van der Waals surface area contributed by atoms with Gasteiger partial charge in [-0.15, -0.1) is 0 Å². The Morgan fingerprint density at radius 1 is 1.67 bits per heavy atom. The second-order valence-corrected chi connectivity index (χ2v) is 5.68. The molecule has 0 fully saturated rings. The number of carbonyl (C=O) groups is 1. The number of hydrogen-bond donors (Lipinski definition) is 2. The van der Waals surface area contributed by atoms with Crippen molar-refractivity contribution >= 4 is 5.91 Å². The number of rotatable bonds is 3. The molecule has 0 spiro atoms. The highest BCUT2D eigenvalue weighted by atomic mass is 16.2. The Labute approximate surface area is 108 Å². The molecule has 5 nitrogen and oxygen atoms in total. The van der Waals surface area contributed by atoms with Crippen molar-refractivity contribution in [2.45, 2.75) is 39.2 Å². The number of fused-ring (bicyclic) bond motifs is 1. The van der Waals surface area contributed by atoms with Crippen LogP contribution in [0, 0.1) is 5.41 Å². The zero-order valence-electron chi connectivity index (χ0n) is 11.4. The fourth-order valence-corrected chi connectivity index (χ4v) is 2.30. The smallest absolute Gasteiger partial charge is 0.227 e. The van der Waals surface area contributed by atoms with Gasteiger partial charge in [-0.25, -0.2) is 0 Å². The van der Waals surface area contributed by atoms with Gasteiger partial charge in [-0.3, -0.25) is 9.48 Å². The van der Waals surface area contributed by atoms with Gasteiger partial charge in [0.15, 0.2) is 0 Å². The Bertz CT molecular complexity index is 450. The van der Waals surface area contributed by atoms with Gasteiger partial charge < -0.3 is 11.1 Å². The first-order valence-corrected chi connectivity index (χ1v) is 6.47. The van der Waals surface area contributed by atoms with Crippen molar-refractivity contribution in [2.24, 2.45) is 18.2 Å². The van der Waals surface area contributed by atoms with E-state index in [1.165, 1.54) is 5.69 Å². The van der Waals surface area contributed by atoms with Crippen LogP contribution < -0.4 is 11.1 Å². The van der Waals surface area contributed by atoms with Gasteiger partial charge in [0, 0.05) is 24.8 Å². The molecule has 0 bridgehead atoms. The molecule has 1 aliphatic carbocycles. The molecule has 1 aromatic heterocycles. The number of aryl methyl sites for hydroxylation is 1. The maximum atomic E-state index is 12.2. The molecule has 1 aromatic rings. The number of aromatic nitrogens is 2. The summed E-state index contributed by atoms with van der Waals surface area (Å²) in [5.41, 5.74) is 7.51. The lowest BCUT2D eigenvalue weighted by molar-refractivity contribution is -0.129. The topological polar surface area (TPSA) is 72.9 Å². The molecule has 100 valence electrons. The van der Waals surface area contributed by atoms with Gasteiger partial charge in [0.2, 0.25) is 5.91 Å². The van der Waals surface area contributed by atoms with E-state index >= 15 is 0 Å². The standard InChI is InChI=1S/C13H22N4O/c1-13(2,8-14)12(18)16-10-5-4-6-11-9(10)7-15-17(11)3/h7,10H,4-6,8,14H2,1-3H3,(H,16,18). The molecule has 1 unspecified atom stereocenters. The van der Waals surface area contributed by atoms with E-state index < -0.39 is 5.41 Å². The molecule has 5 heteroatoms. The van der Waals surface area contributed by atoms with Gasteiger partial charge in [-0.1, -0.05) is 0 Å². The molecule has 3 N–H and O–H groups in total. The van der Waals surface area contributed by atoms with Crippen LogP contribution in [0.25, 0.3) is 0 Å². The molecular formula is C13H22N4O. The van der Waals surface area contributed by atoms with Crippen LogP contribution in [-0.2, 0) is 18.3 Å². The minimum Gasteiger partial charge on any atom is -0.349 e. The molecular weight excluding hydrogens is 228 g/mol. The van der Waals surface area contributed by atoms with E-state index in [9.17, 15) is 4.79 Å². The summed E-state index contributed by atoms with van der Waals surface area (Å²) in [6, 6.07) is 0.0841. The van der Waals surface area contributed by atoms with Crippen molar-refractivity contribution in [1.29, 1.82) is 0 Å². The van der Waals surface area contributed by atoms with Gasteiger partial charge >= 0.3 is 0 Å². The fourth-order valence-electron chi connectivity index (χ4n) is 2.30. The van der Waals surface area contributed by atoms with Gasteiger partial charge in [0.05, 0.1) is 17.7 Å². The van der Waals surface area contributed by atoms with Crippen molar-refractivity contribution < 1.29 is 4.79 Å². The van der Waals surface area contributed by atoms with Crippen LogP contribution >= 0.6 is 0 Å². The largest absolute Gasteiger partial charge is 0.349 e. The number of nitrogens with zero attached hydrogens (tertiary/aromatic N) is 2. The summed E-state index contributed by atoms with van der Waals surface area (Å²) in [5.74, 6) is 0.0201. The number of amides is 1. The third kappa shape index (κ3) is 2.27. The molecule has 0 aromatic carbocycles. The number of nitrogens with two attached hydrogens (primary N) is 1. The monoisotopic (exact) mass is 250 g/mol. The zero-order chi connectivity index (χ0) is 13.3. The van der Waals surface area contributed by atoms with Crippen LogP contribution in [0.1, 0.15) is 44.0 Å². The predicted molar refractivity (Wildman–Crippen MR) is 69.9 cm³/mol. The summed E-state index contributed by atoms with van der Waals surface area (Å²) < 4.78 is 1.90. The molecule has 18 heavy (non-hydrogen) atoms. The van der Waals surface area contributed by atoms with E-state index in [1.54, 1.807) is 0 Å². The average molecular weight is 250 g/mol. The first-order valence-electron chi connectivity index (χ1n) is 6.47. The van der Waals surface area contributed by atoms with Crippen molar-refractivity contribution in [3.63, 3.8) is 0 Å². The van der Waals surface area contributed by atoms with E-state index in [-0.39, 0.29) is 11.9 Å². The van der Waals surface area contributed by atoms with E-state index in [1.807, 2.05) is 31.8 Å². The molecule has 1 amide bonds. The van der Waals surface area contributed by atoms with Crippen molar-refractivity contribution in [3.05, 3.63) is 17.5 Å². The summed E-state index contributed by atoms with van der Waals surface area (Å²) in [4.78, 5) is 12.2. The molecule has 1 atom stereocenters. The summed E-state index contributed by atoms with van der Waals surface area (Å²) >= 11 is 0. The summed E-state index contributed by atoms with van der Waals surface area (Å²) in [6.07, 6.45) is 4.97. The maximum Gasteiger partial charge on any atom is 0.227 e. The van der Waals surface area contributed by atoms with Gasteiger partial charge in [-0.2, -0.15) is 5.10 Å². The van der Waals surface area contributed by atoms with E-state index in [0.29, 0.717) is 6.54 Å². The summed E-state index contributed by atoms with van der Waals surface area (Å²) in [6.45, 7) is 4.09. The Balaban J connectivity index is 2.15. The minimum absolute atomic E-state index is 0.0201. The van der Waals surface area contributed by atoms with Crippen LogP contribution in [0.5, 0.6) is 0 Å². The van der Waals surface area contributed by atoms with Crippen LogP contribution in [0.15, 0.2) is 6.20 Å². The van der Waals surface area contributed by atoms with Crippen molar-refractivity contribution in [3.8, 4) is 0 Å². The Kier molecular flexibility index (Phi) is 3.43. The third-order valence-electron chi connectivity index (χ3n) is 3.81. The fraction of sp³-hybridized carbons (Fsp3) is 0.692. The van der Waals surface area contributed by atoms with Crippen molar-refractivity contribution in [2.75, 3.05) is 6.54 Å². The zero-order valence-corrected chi connectivity index (χ0v) is 11.4.